The molecule has 7 heteroatoms. The van der Waals surface area contributed by atoms with Crippen molar-refractivity contribution in [2.24, 2.45) is 0 Å². The molecule has 0 saturated carbocycles. The molecule has 0 aliphatic rings. The van der Waals surface area contributed by atoms with Crippen molar-refractivity contribution in [3.8, 4) is 0 Å². The van der Waals surface area contributed by atoms with Crippen molar-refractivity contribution in [2.75, 3.05) is 10.6 Å². The fourth-order valence-electron chi connectivity index (χ4n) is 3.27. The van der Waals surface area contributed by atoms with Crippen LogP contribution in [0.1, 0.15) is 44.0 Å². The molecule has 0 aliphatic heterocycles. The molecule has 0 aliphatic carbocycles. The number of hydrogen-bond donors (Lipinski definition) is 2. The van der Waals surface area contributed by atoms with Crippen molar-refractivity contribution in [2.45, 2.75) is 26.8 Å². The standard InChI is InChI=1S/C23H22N4O2S/c1-14-8-6-11-19(25-14)26-21(17-9-4-5-12-24-17)20-15(2)16(3)30-23(20)27-22(28)18-10-7-13-29-18/h4-13,21H,1-3H3,(H,25,26)(H,27,28)/t21-/m1/s1. The molecule has 30 heavy (non-hydrogen) atoms. The van der Waals surface area contributed by atoms with E-state index >= 15 is 0 Å². The zero-order valence-electron chi connectivity index (χ0n) is 17.0. The summed E-state index contributed by atoms with van der Waals surface area (Å²) in [6, 6.07) is 14.7. The lowest BCUT2D eigenvalue weighted by Crippen LogP contribution is -2.18. The van der Waals surface area contributed by atoms with Gasteiger partial charge in [-0.05, 0) is 62.7 Å². The molecule has 0 radical (unpaired) electrons. The lowest BCUT2D eigenvalue weighted by Gasteiger charge is -2.21. The molecule has 2 N–H and O–H groups in total. The molecule has 0 aromatic carbocycles. The number of furan rings is 1. The van der Waals surface area contributed by atoms with Crippen LogP contribution in [0.4, 0.5) is 10.8 Å². The Bertz CT molecular complexity index is 1150. The molecular formula is C23H22N4O2S. The fraction of sp³-hybridized carbons (Fsp3) is 0.174. The Kier molecular flexibility index (Phi) is 5.63. The van der Waals surface area contributed by atoms with E-state index < -0.39 is 0 Å². The Morgan fingerprint density at radius 1 is 1.07 bits per heavy atom. The Morgan fingerprint density at radius 2 is 1.93 bits per heavy atom. The van der Waals surface area contributed by atoms with E-state index in [1.165, 1.54) is 6.26 Å². The number of thiophene rings is 1. The summed E-state index contributed by atoms with van der Waals surface area (Å²) in [4.78, 5) is 23.0. The van der Waals surface area contributed by atoms with Gasteiger partial charge in [0.15, 0.2) is 5.76 Å². The first kappa shape index (κ1) is 19.8. The summed E-state index contributed by atoms with van der Waals surface area (Å²) in [5, 5.41) is 7.30. The third kappa shape index (κ3) is 4.11. The first-order valence-corrected chi connectivity index (χ1v) is 10.4. The third-order valence-electron chi connectivity index (χ3n) is 4.86. The quantitative estimate of drug-likeness (QED) is 0.432. The summed E-state index contributed by atoms with van der Waals surface area (Å²) in [6.45, 7) is 6.06. The number of pyridine rings is 2. The molecular weight excluding hydrogens is 396 g/mol. The number of aromatic nitrogens is 2. The number of aryl methyl sites for hydroxylation is 2. The van der Waals surface area contributed by atoms with Crippen LogP contribution in [0, 0.1) is 20.8 Å². The van der Waals surface area contributed by atoms with Crippen molar-refractivity contribution in [1.82, 2.24) is 9.97 Å². The van der Waals surface area contributed by atoms with E-state index in [2.05, 4.69) is 27.5 Å². The maximum absolute atomic E-state index is 12.7. The molecule has 152 valence electrons. The van der Waals surface area contributed by atoms with Crippen LogP contribution in [0.5, 0.6) is 0 Å². The fourth-order valence-corrected chi connectivity index (χ4v) is 4.36. The highest BCUT2D eigenvalue weighted by molar-refractivity contribution is 7.16. The van der Waals surface area contributed by atoms with Gasteiger partial charge in [-0.3, -0.25) is 9.78 Å². The van der Waals surface area contributed by atoms with Crippen molar-refractivity contribution in [3.05, 3.63) is 94.1 Å². The number of anilines is 2. The van der Waals surface area contributed by atoms with E-state index in [0.717, 1.165) is 38.2 Å². The Balaban J connectivity index is 1.77. The molecule has 4 aromatic heterocycles. The minimum Gasteiger partial charge on any atom is -0.459 e. The highest BCUT2D eigenvalue weighted by Gasteiger charge is 2.26. The summed E-state index contributed by atoms with van der Waals surface area (Å²) in [6.07, 6.45) is 3.26. The molecule has 0 unspecified atom stereocenters. The van der Waals surface area contributed by atoms with E-state index in [4.69, 9.17) is 4.42 Å². The van der Waals surface area contributed by atoms with Crippen molar-refractivity contribution < 1.29 is 9.21 Å². The summed E-state index contributed by atoms with van der Waals surface area (Å²) in [5.41, 5.74) is 3.84. The van der Waals surface area contributed by atoms with Crippen LogP contribution in [0.2, 0.25) is 0 Å². The minimum absolute atomic E-state index is 0.271. The first-order chi connectivity index (χ1) is 14.5. The topological polar surface area (TPSA) is 80.0 Å². The number of hydrogen-bond acceptors (Lipinski definition) is 6. The molecule has 4 rings (SSSR count). The average Bonchev–Trinajstić information content (AvgIpc) is 3.37. The summed E-state index contributed by atoms with van der Waals surface area (Å²) in [5.74, 6) is 0.737. The van der Waals surface area contributed by atoms with E-state index in [1.54, 1.807) is 29.7 Å². The molecule has 4 heterocycles. The maximum atomic E-state index is 12.7. The SMILES string of the molecule is Cc1cccc(N[C@H](c2ccccn2)c2c(NC(=O)c3ccco3)sc(C)c2C)n1. The number of nitrogens with zero attached hydrogens (tertiary/aromatic N) is 2. The number of carbonyl (C=O) groups excluding carboxylic acids is 1. The van der Waals surface area contributed by atoms with Gasteiger partial charge in [0.05, 0.1) is 18.0 Å². The summed E-state index contributed by atoms with van der Waals surface area (Å²) >= 11 is 1.54. The highest BCUT2D eigenvalue weighted by atomic mass is 32.1. The van der Waals surface area contributed by atoms with Gasteiger partial charge < -0.3 is 15.1 Å². The van der Waals surface area contributed by atoms with Crippen molar-refractivity contribution >= 4 is 28.1 Å². The molecule has 4 aromatic rings. The van der Waals surface area contributed by atoms with Crippen LogP contribution in [-0.2, 0) is 0 Å². The zero-order valence-corrected chi connectivity index (χ0v) is 17.8. The predicted octanol–water partition coefficient (Wildman–Crippen LogP) is 5.51. The van der Waals surface area contributed by atoms with E-state index in [-0.39, 0.29) is 17.7 Å². The zero-order chi connectivity index (χ0) is 21.1. The number of amides is 1. The lowest BCUT2D eigenvalue weighted by molar-refractivity contribution is 0.0997. The van der Waals surface area contributed by atoms with Crippen LogP contribution in [-0.4, -0.2) is 15.9 Å². The Morgan fingerprint density at radius 3 is 2.63 bits per heavy atom. The summed E-state index contributed by atoms with van der Waals surface area (Å²) < 4.78 is 5.25. The van der Waals surface area contributed by atoms with E-state index in [9.17, 15) is 4.79 Å². The molecule has 1 atom stereocenters. The minimum atomic E-state index is -0.282. The average molecular weight is 419 g/mol. The number of rotatable bonds is 6. The van der Waals surface area contributed by atoms with Gasteiger partial charge in [-0.2, -0.15) is 0 Å². The highest BCUT2D eigenvalue weighted by Crippen LogP contribution is 2.40. The third-order valence-corrected chi connectivity index (χ3v) is 6.00. The maximum Gasteiger partial charge on any atom is 0.291 e. The van der Waals surface area contributed by atoms with Gasteiger partial charge in [-0.25, -0.2) is 4.98 Å². The molecule has 0 spiro atoms. The van der Waals surface area contributed by atoms with Gasteiger partial charge >= 0.3 is 0 Å². The van der Waals surface area contributed by atoms with E-state index in [1.807, 2.05) is 50.2 Å². The molecule has 6 nitrogen and oxygen atoms in total. The summed E-state index contributed by atoms with van der Waals surface area (Å²) in [7, 11) is 0. The molecule has 1 amide bonds. The van der Waals surface area contributed by atoms with Gasteiger partial charge in [0.25, 0.3) is 5.91 Å². The molecule has 0 saturated heterocycles. The van der Waals surface area contributed by atoms with Gasteiger partial charge in [0, 0.05) is 22.3 Å². The van der Waals surface area contributed by atoms with Crippen LogP contribution in [0.25, 0.3) is 0 Å². The number of nitrogens with one attached hydrogen (secondary N) is 2. The lowest BCUT2D eigenvalue weighted by atomic mass is 10.00. The first-order valence-electron chi connectivity index (χ1n) is 9.59. The van der Waals surface area contributed by atoms with Crippen LogP contribution < -0.4 is 10.6 Å². The predicted molar refractivity (Wildman–Crippen MR) is 119 cm³/mol. The Labute approximate surface area is 179 Å². The van der Waals surface area contributed by atoms with Gasteiger partial charge in [0.2, 0.25) is 0 Å². The van der Waals surface area contributed by atoms with Crippen LogP contribution in [0.3, 0.4) is 0 Å². The van der Waals surface area contributed by atoms with E-state index in [0.29, 0.717) is 0 Å². The van der Waals surface area contributed by atoms with Crippen molar-refractivity contribution in [3.63, 3.8) is 0 Å². The van der Waals surface area contributed by atoms with Crippen LogP contribution >= 0.6 is 11.3 Å². The number of carbonyl (C=O) groups is 1. The van der Waals surface area contributed by atoms with Gasteiger partial charge in [-0.15, -0.1) is 11.3 Å². The smallest absolute Gasteiger partial charge is 0.291 e. The monoisotopic (exact) mass is 418 g/mol. The van der Waals surface area contributed by atoms with Crippen LogP contribution in [0.15, 0.2) is 65.4 Å². The second kappa shape index (κ2) is 8.51. The Hall–Kier alpha value is -3.45. The largest absolute Gasteiger partial charge is 0.459 e. The van der Waals surface area contributed by atoms with Crippen molar-refractivity contribution in [1.29, 1.82) is 0 Å². The molecule has 0 fully saturated rings. The second-order valence-corrected chi connectivity index (χ2v) is 8.18. The van der Waals surface area contributed by atoms with Gasteiger partial charge in [-0.1, -0.05) is 12.1 Å². The van der Waals surface area contributed by atoms with Gasteiger partial charge in [0.1, 0.15) is 10.8 Å². The molecule has 0 bridgehead atoms. The normalized spacial score (nSPS) is 11.8. The second-order valence-electron chi connectivity index (χ2n) is 6.95.